The zero-order chi connectivity index (χ0) is 17.0. The van der Waals surface area contributed by atoms with Crippen LogP contribution in [0.2, 0.25) is 0 Å². The Morgan fingerprint density at radius 1 is 1.16 bits per heavy atom. The maximum atomic E-state index is 6.25. The van der Waals surface area contributed by atoms with Crippen molar-refractivity contribution in [2.75, 3.05) is 51.0 Å². The van der Waals surface area contributed by atoms with Gasteiger partial charge in [-0.25, -0.2) is 9.97 Å². The highest BCUT2D eigenvalue weighted by Gasteiger charge is 2.46. The zero-order valence-corrected chi connectivity index (χ0v) is 14.9. The van der Waals surface area contributed by atoms with Crippen LogP contribution in [0.15, 0.2) is 18.5 Å². The smallest absolute Gasteiger partial charge is 0.225 e. The number of hydrogen-bond acceptors (Lipinski definition) is 6. The number of hydrogen-bond donors (Lipinski definition) is 0. The topological polar surface area (TPSA) is 56.7 Å². The van der Waals surface area contributed by atoms with Crippen LogP contribution in [-0.4, -0.2) is 62.2 Å². The van der Waals surface area contributed by atoms with Crippen LogP contribution in [-0.2, 0) is 14.2 Å². The van der Waals surface area contributed by atoms with Crippen LogP contribution in [0.4, 0.5) is 5.95 Å². The number of nitrogens with zero attached hydrogens (tertiary/aromatic N) is 3. The summed E-state index contributed by atoms with van der Waals surface area (Å²) in [6, 6.07) is 1.87. The predicted octanol–water partition coefficient (Wildman–Crippen LogP) is 2.30. The van der Waals surface area contributed by atoms with Crippen molar-refractivity contribution in [3.8, 4) is 0 Å². The van der Waals surface area contributed by atoms with E-state index in [1.807, 2.05) is 18.5 Å². The summed E-state index contributed by atoms with van der Waals surface area (Å²) in [4.78, 5) is 11.2. The highest BCUT2D eigenvalue weighted by atomic mass is 16.5. The van der Waals surface area contributed by atoms with Gasteiger partial charge in [0.05, 0.1) is 12.7 Å². The number of aromatic nitrogens is 2. The number of piperidine rings is 1. The Hall–Kier alpha value is -1.24. The minimum atomic E-state index is 0.0703. The standard InChI is InChI=1S/C19H29N3O3/c1-6-19(15-24-13-16-4-11-23-12-5-16)14-22(9-3-17(19)25-10-1)18-20-7-2-8-21-18/h2,7-8,16-17H,1,3-6,9-15H2/t17-,19+/m0/s1. The van der Waals surface area contributed by atoms with E-state index >= 15 is 0 Å². The molecule has 6 heteroatoms. The number of fused-ring (bicyclic) bond motifs is 1. The van der Waals surface area contributed by atoms with Gasteiger partial charge in [-0.2, -0.15) is 0 Å². The van der Waals surface area contributed by atoms with Gasteiger partial charge in [-0.05, 0) is 44.1 Å². The second kappa shape index (κ2) is 7.98. The maximum absolute atomic E-state index is 6.25. The first-order chi connectivity index (χ1) is 12.4. The van der Waals surface area contributed by atoms with E-state index < -0.39 is 0 Å². The molecule has 25 heavy (non-hydrogen) atoms. The van der Waals surface area contributed by atoms with Crippen LogP contribution < -0.4 is 4.90 Å². The van der Waals surface area contributed by atoms with Crippen LogP contribution in [0.25, 0.3) is 0 Å². The number of anilines is 1. The van der Waals surface area contributed by atoms with E-state index in [0.717, 1.165) is 84.2 Å². The molecule has 4 rings (SSSR count). The van der Waals surface area contributed by atoms with Gasteiger partial charge in [0.1, 0.15) is 0 Å². The van der Waals surface area contributed by atoms with Crippen molar-refractivity contribution in [3.63, 3.8) is 0 Å². The van der Waals surface area contributed by atoms with Crippen LogP contribution in [0.1, 0.15) is 32.1 Å². The molecule has 0 bridgehead atoms. The van der Waals surface area contributed by atoms with Crippen LogP contribution >= 0.6 is 0 Å². The first-order valence-corrected chi connectivity index (χ1v) is 9.65. The minimum absolute atomic E-state index is 0.0703. The lowest BCUT2D eigenvalue weighted by Crippen LogP contribution is -2.57. The van der Waals surface area contributed by atoms with Crippen molar-refractivity contribution in [1.82, 2.24) is 9.97 Å². The summed E-state index contributed by atoms with van der Waals surface area (Å²) in [6.45, 7) is 6.14. The van der Waals surface area contributed by atoms with E-state index in [2.05, 4.69) is 14.9 Å². The number of ether oxygens (including phenoxy) is 3. The van der Waals surface area contributed by atoms with Gasteiger partial charge in [0, 0.05) is 57.3 Å². The van der Waals surface area contributed by atoms with Crippen molar-refractivity contribution in [2.45, 2.75) is 38.2 Å². The summed E-state index contributed by atoms with van der Waals surface area (Å²) < 4.78 is 17.8. The third kappa shape index (κ3) is 3.96. The van der Waals surface area contributed by atoms with Crippen molar-refractivity contribution < 1.29 is 14.2 Å². The van der Waals surface area contributed by atoms with Gasteiger partial charge in [-0.3, -0.25) is 0 Å². The molecule has 4 heterocycles. The van der Waals surface area contributed by atoms with Gasteiger partial charge in [-0.15, -0.1) is 0 Å². The van der Waals surface area contributed by atoms with Crippen LogP contribution in [0.3, 0.4) is 0 Å². The van der Waals surface area contributed by atoms with Gasteiger partial charge < -0.3 is 19.1 Å². The predicted molar refractivity (Wildman–Crippen MR) is 94.6 cm³/mol. The molecule has 6 nitrogen and oxygen atoms in total. The van der Waals surface area contributed by atoms with E-state index in [4.69, 9.17) is 14.2 Å². The Labute approximate surface area is 149 Å². The average Bonchev–Trinajstić information content (AvgIpc) is 2.69. The zero-order valence-electron chi connectivity index (χ0n) is 14.9. The van der Waals surface area contributed by atoms with E-state index in [9.17, 15) is 0 Å². The molecular formula is C19H29N3O3. The second-order valence-corrected chi connectivity index (χ2v) is 7.66. The molecule has 138 valence electrons. The highest BCUT2D eigenvalue weighted by Crippen LogP contribution is 2.41. The number of rotatable bonds is 5. The van der Waals surface area contributed by atoms with E-state index in [1.54, 1.807) is 0 Å². The summed E-state index contributed by atoms with van der Waals surface area (Å²) >= 11 is 0. The fourth-order valence-electron chi connectivity index (χ4n) is 4.47. The highest BCUT2D eigenvalue weighted by molar-refractivity contribution is 5.31. The molecule has 1 aromatic heterocycles. The van der Waals surface area contributed by atoms with Gasteiger partial charge in [-0.1, -0.05) is 0 Å². The van der Waals surface area contributed by atoms with Gasteiger partial charge in [0.2, 0.25) is 5.95 Å². The van der Waals surface area contributed by atoms with Gasteiger partial charge >= 0.3 is 0 Å². The molecule has 3 saturated heterocycles. The fraction of sp³-hybridized carbons (Fsp3) is 0.789. The molecule has 0 unspecified atom stereocenters. The molecule has 0 amide bonds. The molecule has 0 aromatic carbocycles. The third-order valence-corrected chi connectivity index (χ3v) is 5.91. The summed E-state index contributed by atoms with van der Waals surface area (Å²) in [6.07, 6.45) is 9.48. The lowest BCUT2D eigenvalue weighted by Gasteiger charge is -2.50. The maximum Gasteiger partial charge on any atom is 0.225 e. The Bertz CT molecular complexity index is 538. The molecule has 0 aliphatic carbocycles. The molecule has 0 N–H and O–H groups in total. The first-order valence-electron chi connectivity index (χ1n) is 9.65. The second-order valence-electron chi connectivity index (χ2n) is 7.66. The molecule has 0 radical (unpaired) electrons. The van der Waals surface area contributed by atoms with E-state index in [-0.39, 0.29) is 5.41 Å². The summed E-state index contributed by atoms with van der Waals surface area (Å²) in [5.41, 5.74) is 0.0703. The molecule has 3 aliphatic rings. The van der Waals surface area contributed by atoms with Gasteiger partial charge in [0.15, 0.2) is 0 Å². The average molecular weight is 347 g/mol. The Morgan fingerprint density at radius 3 is 2.84 bits per heavy atom. The van der Waals surface area contributed by atoms with Crippen LogP contribution in [0, 0.1) is 11.3 Å². The molecule has 1 aromatic rings. The Morgan fingerprint density at radius 2 is 2.00 bits per heavy atom. The van der Waals surface area contributed by atoms with Crippen LogP contribution in [0.5, 0.6) is 0 Å². The normalized spacial score (nSPS) is 30.9. The lowest BCUT2D eigenvalue weighted by molar-refractivity contribution is -0.130. The summed E-state index contributed by atoms with van der Waals surface area (Å²) in [5, 5.41) is 0. The van der Waals surface area contributed by atoms with E-state index in [1.165, 1.54) is 0 Å². The van der Waals surface area contributed by atoms with E-state index in [0.29, 0.717) is 12.0 Å². The SMILES string of the molecule is c1cnc(N2CC[C@@H]3OCCC[C@]3(COCC3CCOCC3)C2)nc1. The molecular weight excluding hydrogens is 318 g/mol. The first kappa shape index (κ1) is 17.2. The lowest BCUT2D eigenvalue weighted by atomic mass is 9.73. The third-order valence-electron chi connectivity index (χ3n) is 5.91. The quantitative estimate of drug-likeness (QED) is 0.815. The Kier molecular flexibility index (Phi) is 5.48. The van der Waals surface area contributed by atoms with Crippen molar-refractivity contribution in [3.05, 3.63) is 18.5 Å². The summed E-state index contributed by atoms with van der Waals surface area (Å²) in [5.74, 6) is 1.47. The van der Waals surface area contributed by atoms with Gasteiger partial charge in [0.25, 0.3) is 0 Å². The molecule has 2 atom stereocenters. The van der Waals surface area contributed by atoms with Crippen molar-refractivity contribution in [1.29, 1.82) is 0 Å². The fourth-order valence-corrected chi connectivity index (χ4v) is 4.47. The largest absolute Gasteiger partial charge is 0.381 e. The molecule has 3 aliphatic heterocycles. The minimum Gasteiger partial charge on any atom is -0.381 e. The molecule has 3 fully saturated rings. The van der Waals surface area contributed by atoms with Crippen molar-refractivity contribution >= 4 is 5.95 Å². The summed E-state index contributed by atoms with van der Waals surface area (Å²) in [7, 11) is 0. The van der Waals surface area contributed by atoms with Crippen molar-refractivity contribution in [2.24, 2.45) is 11.3 Å². The Balaban J connectivity index is 1.40. The molecule has 0 spiro atoms. The molecule has 0 saturated carbocycles. The monoisotopic (exact) mass is 347 g/mol.